The first-order chi connectivity index (χ1) is 6.52. The van der Waals surface area contributed by atoms with Crippen LogP contribution in [0.2, 0.25) is 0 Å². The Morgan fingerprint density at radius 3 is 2.71 bits per heavy atom. The van der Waals surface area contributed by atoms with Gasteiger partial charge in [-0.15, -0.1) is 0 Å². The number of hydrogen-bond donors (Lipinski definition) is 0. The molecule has 4 nitrogen and oxygen atoms in total. The summed E-state index contributed by atoms with van der Waals surface area (Å²) in [6.07, 6.45) is 4.31. The Labute approximate surface area is 85.8 Å². The quantitative estimate of drug-likeness (QED) is 0.645. The number of rotatable bonds is 3. The highest BCUT2D eigenvalue weighted by atomic mass is 16.1. The largest absolute Gasteiger partial charge is 0.353 e. The first-order valence-corrected chi connectivity index (χ1v) is 4.81. The SMILES string of the molecule is CC(=O)CN1CC=CN(C)C1N(C)C. The first kappa shape index (κ1) is 11.2. The molecular weight excluding hydrogens is 178 g/mol. The molecule has 0 aromatic carbocycles. The molecule has 0 bridgehead atoms. The van der Waals surface area contributed by atoms with Gasteiger partial charge in [-0.2, -0.15) is 0 Å². The molecule has 0 aromatic heterocycles. The van der Waals surface area contributed by atoms with Gasteiger partial charge in [-0.25, -0.2) is 0 Å². The smallest absolute Gasteiger partial charge is 0.143 e. The Morgan fingerprint density at radius 1 is 1.57 bits per heavy atom. The Hall–Kier alpha value is -0.870. The maximum absolute atomic E-state index is 11.1. The van der Waals surface area contributed by atoms with E-state index in [2.05, 4.69) is 27.0 Å². The van der Waals surface area contributed by atoms with Gasteiger partial charge >= 0.3 is 0 Å². The van der Waals surface area contributed by atoms with Gasteiger partial charge in [-0.05, 0) is 27.2 Å². The minimum absolute atomic E-state index is 0.184. The zero-order chi connectivity index (χ0) is 10.7. The van der Waals surface area contributed by atoms with E-state index in [1.807, 2.05) is 21.1 Å². The summed E-state index contributed by atoms with van der Waals surface area (Å²) in [5.74, 6) is 0.209. The summed E-state index contributed by atoms with van der Waals surface area (Å²) in [6.45, 7) is 2.98. The topological polar surface area (TPSA) is 26.8 Å². The van der Waals surface area contributed by atoms with Crippen molar-refractivity contribution in [2.45, 2.75) is 13.2 Å². The van der Waals surface area contributed by atoms with Crippen molar-refractivity contribution in [3.63, 3.8) is 0 Å². The Kier molecular flexibility index (Phi) is 3.66. The van der Waals surface area contributed by atoms with Crippen molar-refractivity contribution in [1.29, 1.82) is 0 Å². The summed E-state index contributed by atoms with van der Waals surface area (Å²) < 4.78 is 0. The molecule has 1 aliphatic rings. The van der Waals surface area contributed by atoms with Gasteiger partial charge in [0.1, 0.15) is 12.1 Å². The van der Waals surface area contributed by atoms with Crippen LogP contribution in [0.5, 0.6) is 0 Å². The van der Waals surface area contributed by atoms with Crippen molar-refractivity contribution in [3.8, 4) is 0 Å². The summed E-state index contributed by atoms with van der Waals surface area (Å²) in [6, 6.07) is 0. The van der Waals surface area contributed by atoms with E-state index in [4.69, 9.17) is 0 Å². The van der Waals surface area contributed by atoms with E-state index in [-0.39, 0.29) is 12.1 Å². The van der Waals surface area contributed by atoms with Crippen molar-refractivity contribution in [2.75, 3.05) is 34.2 Å². The average molecular weight is 197 g/mol. The summed E-state index contributed by atoms with van der Waals surface area (Å²) in [5, 5.41) is 0. The molecule has 1 atom stereocenters. The highest BCUT2D eigenvalue weighted by Crippen LogP contribution is 2.12. The minimum Gasteiger partial charge on any atom is -0.353 e. The molecule has 0 spiro atoms. The number of Topliss-reactive ketones (excluding diaryl/α,β-unsaturated/α-hetero) is 1. The van der Waals surface area contributed by atoms with E-state index < -0.39 is 0 Å². The van der Waals surface area contributed by atoms with Gasteiger partial charge in [0.25, 0.3) is 0 Å². The number of carbonyl (C=O) groups excluding carboxylic acids is 1. The first-order valence-electron chi connectivity index (χ1n) is 4.81. The van der Waals surface area contributed by atoms with Crippen molar-refractivity contribution in [2.24, 2.45) is 0 Å². The predicted octanol–water partition coefficient (Wildman–Crippen LogP) is 0.182. The number of ketones is 1. The predicted molar refractivity (Wildman–Crippen MR) is 56.6 cm³/mol. The zero-order valence-electron chi connectivity index (χ0n) is 9.40. The fourth-order valence-electron chi connectivity index (χ4n) is 1.90. The summed E-state index contributed by atoms with van der Waals surface area (Å²) in [4.78, 5) is 17.4. The fourth-order valence-corrected chi connectivity index (χ4v) is 1.90. The van der Waals surface area contributed by atoms with Crippen LogP contribution >= 0.6 is 0 Å². The molecule has 0 aromatic rings. The van der Waals surface area contributed by atoms with Crippen LogP contribution in [-0.4, -0.2) is 61.0 Å². The number of hydrogen-bond acceptors (Lipinski definition) is 4. The third-order valence-electron chi connectivity index (χ3n) is 2.26. The minimum atomic E-state index is 0.184. The van der Waals surface area contributed by atoms with E-state index in [9.17, 15) is 4.79 Å². The van der Waals surface area contributed by atoms with Gasteiger partial charge < -0.3 is 4.90 Å². The summed E-state index contributed by atoms with van der Waals surface area (Å²) in [5.41, 5.74) is 0. The summed E-state index contributed by atoms with van der Waals surface area (Å²) >= 11 is 0. The van der Waals surface area contributed by atoms with E-state index >= 15 is 0 Å². The van der Waals surface area contributed by atoms with Crippen LogP contribution in [0.25, 0.3) is 0 Å². The zero-order valence-corrected chi connectivity index (χ0v) is 9.40. The van der Waals surface area contributed by atoms with Crippen LogP contribution in [0.4, 0.5) is 0 Å². The molecule has 0 N–H and O–H groups in total. The van der Waals surface area contributed by atoms with Crippen LogP contribution in [0.15, 0.2) is 12.3 Å². The Bertz CT molecular complexity index is 238. The number of nitrogens with zero attached hydrogens (tertiary/aromatic N) is 3. The lowest BCUT2D eigenvalue weighted by molar-refractivity contribution is -0.121. The van der Waals surface area contributed by atoms with E-state index in [0.717, 1.165) is 6.54 Å². The molecule has 4 heteroatoms. The van der Waals surface area contributed by atoms with Crippen molar-refractivity contribution in [3.05, 3.63) is 12.3 Å². The fraction of sp³-hybridized carbons (Fsp3) is 0.700. The molecule has 1 heterocycles. The molecule has 0 fully saturated rings. The van der Waals surface area contributed by atoms with Crippen LogP contribution in [0, 0.1) is 0 Å². The molecule has 1 rings (SSSR count). The van der Waals surface area contributed by atoms with Crippen molar-refractivity contribution >= 4 is 5.78 Å². The second kappa shape index (κ2) is 4.57. The van der Waals surface area contributed by atoms with Crippen LogP contribution in [-0.2, 0) is 4.79 Å². The third-order valence-corrected chi connectivity index (χ3v) is 2.26. The summed E-state index contributed by atoms with van der Waals surface area (Å²) in [7, 11) is 6.06. The monoisotopic (exact) mass is 197 g/mol. The van der Waals surface area contributed by atoms with Crippen molar-refractivity contribution in [1.82, 2.24) is 14.7 Å². The van der Waals surface area contributed by atoms with E-state index in [1.54, 1.807) is 6.92 Å². The van der Waals surface area contributed by atoms with Crippen LogP contribution in [0.3, 0.4) is 0 Å². The lowest BCUT2D eigenvalue weighted by Crippen LogP contribution is -2.56. The second-order valence-electron chi connectivity index (χ2n) is 3.99. The van der Waals surface area contributed by atoms with Crippen molar-refractivity contribution < 1.29 is 4.79 Å². The average Bonchev–Trinajstić information content (AvgIpc) is 2.01. The molecule has 0 aliphatic carbocycles. The maximum Gasteiger partial charge on any atom is 0.143 e. The lowest BCUT2D eigenvalue weighted by atomic mass is 10.3. The maximum atomic E-state index is 11.1. The van der Waals surface area contributed by atoms with Gasteiger partial charge in [-0.1, -0.05) is 6.08 Å². The third kappa shape index (κ3) is 2.56. The molecule has 0 saturated heterocycles. The second-order valence-corrected chi connectivity index (χ2v) is 3.99. The van der Waals surface area contributed by atoms with E-state index in [1.165, 1.54) is 0 Å². The highest BCUT2D eigenvalue weighted by Gasteiger charge is 2.25. The normalized spacial score (nSPS) is 23.2. The molecule has 1 unspecified atom stereocenters. The van der Waals surface area contributed by atoms with Gasteiger partial charge in [0, 0.05) is 13.6 Å². The highest BCUT2D eigenvalue weighted by molar-refractivity contribution is 5.77. The Morgan fingerprint density at radius 2 is 2.21 bits per heavy atom. The van der Waals surface area contributed by atoms with Gasteiger partial charge in [-0.3, -0.25) is 14.6 Å². The van der Waals surface area contributed by atoms with Crippen LogP contribution in [0.1, 0.15) is 6.92 Å². The molecule has 0 radical (unpaired) electrons. The lowest BCUT2D eigenvalue weighted by Gasteiger charge is -2.42. The number of carbonyl (C=O) groups is 1. The molecule has 80 valence electrons. The van der Waals surface area contributed by atoms with Gasteiger partial charge in [0.15, 0.2) is 0 Å². The molecule has 1 aliphatic heterocycles. The van der Waals surface area contributed by atoms with Gasteiger partial charge in [0.2, 0.25) is 0 Å². The molecular formula is C10H19N3O. The molecule has 0 amide bonds. The molecule has 0 saturated carbocycles. The van der Waals surface area contributed by atoms with Crippen LogP contribution < -0.4 is 0 Å². The standard InChI is InChI=1S/C10H19N3O/c1-9(14)8-13-7-5-6-12(4)10(13)11(2)3/h5-6,10H,7-8H2,1-4H3. The van der Waals surface area contributed by atoms with Gasteiger partial charge in [0.05, 0.1) is 6.54 Å². The Balaban J connectivity index is 2.72. The molecule has 14 heavy (non-hydrogen) atoms. The van der Waals surface area contributed by atoms with E-state index in [0.29, 0.717) is 6.54 Å².